The van der Waals surface area contributed by atoms with Crippen LogP contribution in [0.2, 0.25) is 5.02 Å². The predicted octanol–water partition coefficient (Wildman–Crippen LogP) is 4.18. The molecule has 0 N–H and O–H groups in total. The molecule has 24 heavy (non-hydrogen) atoms. The van der Waals surface area contributed by atoms with Crippen molar-refractivity contribution in [2.24, 2.45) is 5.92 Å². The number of rotatable bonds is 6. The van der Waals surface area contributed by atoms with E-state index in [9.17, 15) is 4.79 Å². The second-order valence-corrected chi connectivity index (χ2v) is 6.65. The van der Waals surface area contributed by atoms with E-state index in [0.29, 0.717) is 23.2 Å². The summed E-state index contributed by atoms with van der Waals surface area (Å²) in [6, 6.07) is 11.3. The SMILES string of the molecule is COc1ccc(CN(C(=O)c2cc(Cl)ccn2)C(C)C2CC2)cc1. The zero-order valence-corrected chi connectivity index (χ0v) is 14.7. The zero-order valence-electron chi connectivity index (χ0n) is 13.9. The van der Waals surface area contributed by atoms with Crippen LogP contribution in [-0.2, 0) is 6.54 Å². The molecule has 126 valence electrons. The van der Waals surface area contributed by atoms with E-state index >= 15 is 0 Å². The molecule has 2 aromatic rings. The normalized spacial score (nSPS) is 15.0. The van der Waals surface area contributed by atoms with Gasteiger partial charge in [0.1, 0.15) is 11.4 Å². The molecule has 0 saturated heterocycles. The number of nitrogens with zero attached hydrogens (tertiary/aromatic N) is 2. The summed E-state index contributed by atoms with van der Waals surface area (Å²) in [7, 11) is 1.64. The van der Waals surface area contributed by atoms with Crippen molar-refractivity contribution in [3.8, 4) is 5.75 Å². The van der Waals surface area contributed by atoms with Crippen molar-refractivity contribution in [1.82, 2.24) is 9.88 Å². The Morgan fingerprint density at radius 3 is 2.62 bits per heavy atom. The van der Waals surface area contributed by atoms with Crippen molar-refractivity contribution in [1.29, 1.82) is 0 Å². The number of aromatic nitrogens is 1. The lowest BCUT2D eigenvalue weighted by Gasteiger charge is -2.29. The van der Waals surface area contributed by atoms with Crippen molar-refractivity contribution >= 4 is 17.5 Å². The zero-order chi connectivity index (χ0) is 17.1. The summed E-state index contributed by atoms with van der Waals surface area (Å²) in [5, 5.41) is 0.525. The quantitative estimate of drug-likeness (QED) is 0.789. The minimum atomic E-state index is -0.0762. The first-order valence-electron chi connectivity index (χ1n) is 8.14. The van der Waals surface area contributed by atoms with Crippen LogP contribution >= 0.6 is 11.6 Å². The van der Waals surface area contributed by atoms with Gasteiger partial charge in [-0.1, -0.05) is 23.7 Å². The van der Waals surface area contributed by atoms with Crippen LogP contribution in [0, 0.1) is 5.92 Å². The Balaban J connectivity index is 1.83. The minimum absolute atomic E-state index is 0.0762. The minimum Gasteiger partial charge on any atom is -0.497 e. The van der Waals surface area contributed by atoms with Crippen LogP contribution in [0.4, 0.5) is 0 Å². The molecule has 0 bridgehead atoms. The number of carbonyl (C=O) groups excluding carboxylic acids is 1. The molecule has 5 heteroatoms. The number of ether oxygens (including phenoxy) is 1. The number of hydrogen-bond acceptors (Lipinski definition) is 3. The highest BCUT2D eigenvalue weighted by Crippen LogP contribution is 2.36. The molecular weight excluding hydrogens is 324 g/mol. The maximum atomic E-state index is 13.0. The van der Waals surface area contributed by atoms with Crippen molar-refractivity contribution in [3.63, 3.8) is 0 Å². The van der Waals surface area contributed by atoms with Crippen LogP contribution in [-0.4, -0.2) is 28.9 Å². The first-order chi connectivity index (χ1) is 11.6. The van der Waals surface area contributed by atoms with Gasteiger partial charge < -0.3 is 9.64 Å². The average molecular weight is 345 g/mol. The fourth-order valence-corrected chi connectivity index (χ4v) is 2.99. The molecule has 0 spiro atoms. The Kier molecular flexibility index (Phi) is 5.05. The summed E-state index contributed by atoms with van der Waals surface area (Å²) in [5.74, 6) is 1.31. The van der Waals surface area contributed by atoms with Crippen LogP contribution in [0.3, 0.4) is 0 Å². The lowest BCUT2D eigenvalue weighted by Crippen LogP contribution is -2.39. The van der Waals surface area contributed by atoms with Gasteiger partial charge in [-0.2, -0.15) is 0 Å². The maximum Gasteiger partial charge on any atom is 0.273 e. The largest absolute Gasteiger partial charge is 0.497 e. The van der Waals surface area contributed by atoms with Gasteiger partial charge in [0.15, 0.2) is 0 Å². The fourth-order valence-electron chi connectivity index (χ4n) is 2.83. The van der Waals surface area contributed by atoms with Crippen molar-refractivity contribution < 1.29 is 9.53 Å². The van der Waals surface area contributed by atoms with Crippen LogP contribution in [0.5, 0.6) is 5.75 Å². The summed E-state index contributed by atoms with van der Waals surface area (Å²) in [4.78, 5) is 19.1. The molecule has 1 amide bonds. The van der Waals surface area contributed by atoms with Gasteiger partial charge in [-0.05, 0) is 55.5 Å². The van der Waals surface area contributed by atoms with Gasteiger partial charge in [-0.3, -0.25) is 9.78 Å². The molecule has 3 rings (SSSR count). The second-order valence-electron chi connectivity index (χ2n) is 6.22. The van der Waals surface area contributed by atoms with Gasteiger partial charge in [0.2, 0.25) is 0 Å². The van der Waals surface area contributed by atoms with Crippen molar-refractivity contribution in [2.75, 3.05) is 7.11 Å². The van der Waals surface area contributed by atoms with E-state index < -0.39 is 0 Å². The molecule has 1 aliphatic rings. The lowest BCUT2D eigenvalue weighted by atomic mass is 10.1. The fraction of sp³-hybridized carbons (Fsp3) is 0.368. The smallest absolute Gasteiger partial charge is 0.273 e. The molecule has 1 saturated carbocycles. The summed E-state index contributed by atoms with van der Waals surface area (Å²) in [6.07, 6.45) is 3.93. The van der Waals surface area contributed by atoms with E-state index in [1.54, 1.807) is 25.4 Å². The first kappa shape index (κ1) is 16.8. The van der Waals surface area contributed by atoms with Crippen LogP contribution in [0.15, 0.2) is 42.6 Å². The van der Waals surface area contributed by atoms with E-state index in [1.807, 2.05) is 29.2 Å². The number of carbonyl (C=O) groups is 1. The van der Waals surface area contributed by atoms with Gasteiger partial charge in [-0.15, -0.1) is 0 Å². The number of benzene rings is 1. The highest BCUT2D eigenvalue weighted by atomic mass is 35.5. The van der Waals surface area contributed by atoms with E-state index in [2.05, 4.69) is 11.9 Å². The van der Waals surface area contributed by atoms with Crippen LogP contribution < -0.4 is 4.74 Å². The van der Waals surface area contributed by atoms with E-state index in [-0.39, 0.29) is 11.9 Å². The second kappa shape index (κ2) is 7.22. The van der Waals surface area contributed by atoms with Gasteiger partial charge >= 0.3 is 0 Å². The van der Waals surface area contributed by atoms with Gasteiger partial charge in [0, 0.05) is 23.8 Å². The number of halogens is 1. The topological polar surface area (TPSA) is 42.4 Å². The third-order valence-electron chi connectivity index (χ3n) is 4.51. The standard InChI is InChI=1S/C19H21ClN2O2/c1-13(15-5-6-15)22(12-14-3-7-17(24-2)8-4-14)19(23)18-11-16(20)9-10-21-18/h3-4,7-11,13,15H,5-6,12H2,1-2H3. The summed E-state index contributed by atoms with van der Waals surface area (Å²) in [5.41, 5.74) is 1.46. The molecule has 1 atom stereocenters. The molecule has 0 radical (unpaired) electrons. The summed E-state index contributed by atoms with van der Waals surface area (Å²) < 4.78 is 5.19. The maximum absolute atomic E-state index is 13.0. The van der Waals surface area contributed by atoms with Gasteiger partial charge in [0.05, 0.1) is 7.11 Å². The van der Waals surface area contributed by atoms with Crippen LogP contribution in [0.25, 0.3) is 0 Å². The molecule has 1 heterocycles. The van der Waals surface area contributed by atoms with Crippen molar-refractivity contribution in [3.05, 3.63) is 58.9 Å². The third kappa shape index (κ3) is 3.88. The molecule has 1 aliphatic carbocycles. The summed E-state index contributed by atoms with van der Waals surface area (Å²) in [6.45, 7) is 2.67. The number of hydrogen-bond donors (Lipinski definition) is 0. The van der Waals surface area contributed by atoms with Crippen LogP contribution in [0.1, 0.15) is 35.8 Å². The molecule has 1 aromatic carbocycles. The Morgan fingerprint density at radius 1 is 1.33 bits per heavy atom. The van der Waals surface area contributed by atoms with Gasteiger partial charge in [-0.25, -0.2) is 0 Å². The molecule has 1 aromatic heterocycles. The van der Waals surface area contributed by atoms with E-state index in [1.165, 1.54) is 12.8 Å². The Hall–Kier alpha value is -2.07. The number of pyridine rings is 1. The average Bonchev–Trinajstić information content (AvgIpc) is 3.44. The van der Waals surface area contributed by atoms with Crippen molar-refractivity contribution in [2.45, 2.75) is 32.4 Å². The third-order valence-corrected chi connectivity index (χ3v) is 4.74. The van der Waals surface area contributed by atoms with E-state index in [4.69, 9.17) is 16.3 Å². The molecule has 1 fully saturated rings. The monoisotopic (exact) mass is 344 g/mol. The lowest BCUT2D eigenvalue weighted by molar-refractivity contribution is 0.0648. The highest BCUT2D eigenvalue weighted by molar-refractivity contribution is 6.30. The summed E-state index contributed by atoms with van der Waals surface area (Å²) >= 11 is 6.02. The highest BCUT2D eigenvalue weighted by Gasteiger charge is 2.35. The Bertz CT molecular complexity index is 714. The molecule has 1 unspecified atom stereocenters. The van der Waals surface area contributed by atoms with Gasteiger partial charge in [0.25, 0.3) is 5.91 Å². The Morgan fingerprint density at radius 2 is 2.04 bits per heavy atom. The molecule has 4 nitrogen and oxygen atoms in total. The first-order valence-corrected chi connectivity index (χ1v) is 8.51. The predicted molar refractivity (Wildman–Crippen MR) is 94.3 cm³/mol. The number of amides is 1. The molecular formula is C19H21ClN2O2. The molecule has 0 aliphatic heterocycles. The van der Waals surface area contributed by atoms with E-state index in [0.717, 1.165) is 11.3 Å². The number of methoxy groups -OCH3 is 1. The Labute approximate surface area is 147 Å².